The molecule has 6 heteroatoms. The van der Waals surface area contributed by atoms with Crippen LogP contribution in [0.1, 0.15) is 44.2 Å². The van der Waals surface area contributed by atoms with Crippen molar-refractivity contribution in [2.75, 3.05) is 0 Å². The predicted molar refractivity (Wildman–Crippen MR) is 90.4 cm³/mol. The van der Waals surface area contributed by atoms with Crippen LogP contribution in [0.25, 0.3) is 0 Å². The van der Waals surface area contributed by atoms with E-state index in [4.69, 9.17) is 11.6 Å². The van der Waals surface area contributed by atoms with Gasteiger partial charge in [0.25, 0.3) is 0 Å². The first-order chi connectivity index (χ1) is 10.4. The van der Waals surface area contributed by atoms with E-state index in [1.807, 2.05) is 32.9 Å². The molecule has 118 valence electrons. The van der Waals surface area contributed by atoms with Gasteiger partial charge < -0.3 is 0 Å². The van der Waals surface area contributed by atoms with Crippen LogP contribution in [0.2, 0.25) is 5.02 Å². The zero-order valence-electron chi connectivity index (χ0n) is 12.9. The number of benzene rings is 1. The third-order valence-corrected chi connectivity index (χ3v) is 5.00. The Labute approximate surface area is 139 Å². The summed E-state index contributed by atoms with van der Waals surface area (Å²) in [5.41, 5.74) is 5.06. The van der Waals surface area contributed by atoms with Crippen LogP contribution in [0.3, 0.4) is 0 Å². The monoisotopic (exact) mass is 338 g/mol. The number of hydrazone groups is 1. The number of thioether (sulfide) groups is 1. The highest BCUT2D eigenvalue weighted by Crippen LogP contribution is 2.32. The van der Waals surface area contributed by atoms with Crippen molar-refractivity contribution in [3.8, 4) is 0 Å². The number of nitrogens with zero attached hydrogens (tertiary/aromatic N) is 1. The molecule has 0 bridgehead atoms. The van der Waals surface area contributed by atoms with Gasteiger partial charge in [-0.15, -0.1) is 0 Å². The Bertz CT molecular complexity index is 643. The summed E-state index contributed by atoms with van der Waals surface area (Å²) >= 11 is 7.53. The fourth-order valence-corrected chi connectivity index (χ4v) is 3.56. The molecule has 1 unspecified atom stereocenters. The fourth-order valence-electron chi connectivity index (χ4n) is 2.29. The summed E-state index contributed by atoms with van der Waals surface area (Å²) in [5.74, 6) is -0.0566. The average Bonchev–Trinajstić information content (AvgIpc) is 2.44. The van der Waals surface area contributed by atoms with Crippen LogP contribution in [-0.2, 0) is 9.59 Å². The molecule has 1 aliphatic heterocycles. The van der Waals surface area contributed by atoms with Gasteiger partial charge >= 0.3 is 0 Å². The van der Waals surface area contributed by atoms with Crippen LogP contribution in [-0.4, -0.2) is 16.7 Å². The van der Waals surface area contributed by atoms with Crippen LogP contribution in [0.4, 0.5) is 0 Å². The van der Waals surface area contributed by atoms with E-state index in [9.17, 15) is 9.59 Å². The second-order valence-corrected chi connectivity index (χ2v) is 6.95. The van der Waals surface area contributed by atoms with Crippen molar-refractivity contribution in [2.24, 2.45) is 11.0 Å². The number of carbonyl (C=O) groups excluding carboxylic acids is 2. The zero-order chi connectivity index (χ0) is 16.3. The molecule has 1 atom stereocenters. The van der Waals surface area contributed by atoms with Crippen LogP contribution in [0, 0.1) is 12.8 Å². The van der Waals surface area contributed by atoms with E-state index >= 15 is 0 Å². The molecule has 4 nitrogen and oxygen atoms in total. The second kappa shape index (κ2) is 7.29. The highest BCUT2D eigenvalue weighted by atomic mass is 35.5. The van der Waals surface area contributed by atoms with Gasteiger partial charge in [0, 0.05) is 34.2 Å². The lowest BCUT2D eigenvalue weighted by Gasteiger charge is -2.20. The summed E-state index contributed by atoms with van der Waals surface area (Å²) in [6, 6.07) is 3.78. The Balaban J connectivity index is 2.36. The van der Waals surface area contributed by atoms with Crippen molar-refractivity contribution >= 4 is 40.1 Å². The van der Waals surface area contributed by atoms with Gasteiger partial charge in [0.1, 0.15) is 0 Å². The summed E-state index contributed by atoms with van der Waals surface area (Å²) in [6.45, 7) is 5.85. The molecule has 1 N–H and O–H groups in total. The van der Waals surface area contributed by atoms with E-state index < -0.39 is 0 Å². The standard InChI is InChI=1S/C16H19ClN2O2S/c1-4-5-15(21)22-13-8-11(7-12(17)10(13)3)16-9(2)6-14(20)18-19-16/h7-9H,4-6H2,1-3H3,(H,18,20). The lowest BCUT2D eigenvalue weighted by molar-refractivity contribution is -0.121. The molecule has 1 aromatic carbocycles. The molecule has 0 saturated heterocycles. The van der Waals surface area contributed by atoms with Crippen molar-refractivity contribution in [2.45, 2.75) is 44.9 Å². The van der Waals surface area contributed by atoms with Crippen LogP contribution in [0.15, 0.2) is 22.1 Å². The molecule has 22 heavy (non-hydrogen) atoms. The highest BCUT2D eigenvalue weighted by molar-refractivity contribution is 8.13. The molecule has 1 aromatic rings. The Kier molecular flexibility index (Phi) is 5.64. The number of hydrogen-bond donors (Lipinski definition) is 1. The summed E-state index contributed by atoms with van der Waals surface area (Å²) < 4.78 is 0. The van der Waals surface area contributed by atoms with Gasteiger partial charge in [-0.05, 0) is 31.0 Å². The smallest absolute Gasteiger partial charge is 0.240 e. The molecular weight excluding hydrogens is 320 g/mol. The van der Waals surface area contributed by atoms with Crippen molar-refractivity contribution in [1.82, 2.24) is 5.43 Å². The maximum absolute atomic E-state index is 11.9. The zero-order valence-corrected chi connectivity index (χ0v) is 14.5. The Morgan fingerprint density at radius 1 is 1.50 bits per heavy atom. The van der Waals surface area contributed by atoms with E-state index in [-0.39, 0.29) is 16.9 Å². The fraction of sp³-hybridized carbons (Fsp3) is 0.438. The van der Waals surface area contributed by atoms with Gasteiger partial charge in [-0.2, -0.15) is 5.10 Å². The molecule has 1 heterocycles. The molecular formula is C16H19ClN2O2S. The minimum Gasteiger partial charge on any atom is -0.287 e. The summed E-state index contributed by atoms with van der Waals surface area (Å²) in [4.78, 5) is 24.1. The van der Waals surface area contributed by atoms with Gasteiger partial charge in [0.05, 0.1) is 5.71 Å². The number of nitrogens with one attached hydrogen (secondary N) is 1. The number of hydrogen-bond acceptors (Lipinski definition) is 4. The van der Waals surface area contributed by atoms with Crippen LogP contribution >= 0.6 is 23.4 Å². The van der Waals surface area contributed by atoms with E-state index in [1.54, 1.807) is 0 Å². The minimum atomic E-state index is -0.0813. The summed E-state index contributed by atoms with van der Waals surface area (Å²) in [6.07, 6.45) is 1.77. The van der Waals surface area contributed by atoms with Gasteiger partial charge in [0.15, 0.2) is 5.12 Å². The van der Waals surface area contributed by atoms with E-state index in [0.717, 1.165) is 28.2 Å². The van der Waals surface area contributed by atoms with Gasteiger partial charge in [-0.25, -0.2) is 5.43 Å². The van der Waals surface area contributed by atoms with Gasteiger partial charge in [0.2, 0.25) is 5.91 Å². The van der Waals surface area contributed by atoms with Crippen molar-refractivity contribution in [3.63, 3.8) is 0 Å². The molecule has 0 fully saturated rings. The second-order valence-electron chi connectivity index (χ2n) is 5.44. The SMILES string of the molecule is CCCC(=O)Sc1cc(C2=NNC(=O)CC2C)cc(Cl)c1C. The highest BCUT2D eigenvalue weighted by Gasteiger charge is 2.23. The molecule has 0 radical (unpaired) electrons. The molecule has 0 saturated carbocycles. The quantitative estimate of drug-likeness (QED) is 0.846. The molecule has 0 aliphatic carbocycles. The molecule has 2 rings (SSSR count). The normalized spacial score (nSPS) is 17.9. The third-order valence-electron chi connectivity index (χ3n) is 3.53. The lowest BCUT2D eigenvalue weighted by atomic mass is 9.93. The summed E-state index contributed by atoms with van der Waals surface area (Å²) in [5, 5.41) is 4.89. The van der Waals surface area contributed by atoms with Gasteiger partial charge in [-0.1, -0.05) is 37.2 Å². The first-order valence-electron chi connectivity index (χ1n) is 7.30. The van der Waals surface area contributed by atoms with E-state index in [2.05, 4.69) is 10.5 Å². The lowest BCUT2D eigenvalue weighted by Crippen LogP contribution is -2.32. The maximum atomic E-state index is 11.9. The predicted octanol–water partition coefficient (Wildman–Crippen LogP) is 3.93. The van der Waals surface area contributed by atoms with Crippen LogP contribution in [0.5, 0.6) is 0 Å². The number of amides is 1. The van der Waals surface area contributed by atoms with Crippen molar-refractivity contribution in [3.05, 3.63) is 28.3 Å². The first kappa shape index (κ1) is 17.0. The van der Waals surface area contributed by atoms with E-state index in [0.29, 0.717) is 17.9 Å². The third kappa shape index (κ3) is 3.90. The molecule has 1 aliphatic rings. The minimum absolute atomic E-state index is 0.0247. The van der Waals surface area contributed by atoms with Crippen molar-refractivity contribution < 1.29 is 9.59 Å². The first-order valence-corrected chi connectivity index (χ1v) is 8.49. The topological polar surface area (TPSA) is 58.5 Å². The number of halogens is 1. The summed E-state index contributed by atoms with van der Waals surface area (Å²) in [7, 11) is 0. The van der Waals surface area contributed by atoms with Crippen molar-refractivity contribution in [1.29, 1.82) is 0 Å². The molecule has 0 aromatic heterocycles. The Morgan fingerprint density at radius 2 is 2.23 bits per heavy atom. The molecule has 0 spiro atoms. The number of rotatable bonds is 4. The number of carbonyl (C=O) groups is 2. The molecule has 1 amide bonds. The van der Waals surface area contributed by atoms with Crippen LogP contribution < -0.4 is 5.43 Å². The van der Waals surface area contributed by atoms with Gasteiger partial charge in [-0.3, -0.25) is 9.59 Å². The largest absolute Gasteiger partial charge is 0.287 e. The average molecular weight is 339 g/mol. The Morgan fingerprint density at radius 3 is 2.86 bits per heavy atom. The Hall–Kier alpha value is -1.33. The maximum Gasteiger partial charge on any atom is 0.240 e. The van der Waals surface area contributed by atoms with E-state index in [1.165, 1.54) is 11.8 Å².